The second-order valence-electron chi connectivity index (χ2n) is 5.90. The summed E-state index contributed by atoms with van der Waals surface area (Å²) in [5.41, 5.74) is 1.31. The second-order valence-corrected chi connectivity index (χ2v) is 5.90. The fourth-order valence-corrected chi connectivity index (χ4v) is 4.15. The molecule has 0 aromatic heterocycles. The van der Waals surface area contributed by atoms with Crippen molar-refractivity contribution in [2.75, 3.05) is 13.2 Å². The first-order valence-corrected chi connectivity index (χ1v) is 6.89. The Balaban J connectivity index is 1.68. The van der Waals surface area contributed by atoms with Crippen molar-refractivity contribution in [2.45, 2.75) is 50.4 Å². The second kappa shape index (κ2) is 3.58. The van der Waals surface area contributed by atoms with Crippen molar-refractivity contribution in [2.24, 2.45) is 5.41 Å². The molecule has 4 nitrogen and oxygen atoms in total. The lowest BCUT2D eigenvalue weighted by Gasteiger charge is -2.46. The minimum absolute atomic E-state index is 0.0305. The molecule has 4 rings (SSSR count). The van der Waals surface area contributed by atoms with Gasteiger partial charge in [0, 0.05) is 18.3 Å². The van der Waals surface area contributed by atoms with E-state index >= 15 is 0 Å². The van der Waals surface area contributed by atoms with Crippen LogP contribution in [-0.4, -0.2) is 31.1 Å². The Morgan fingerprint density at radius 2 is 2.00 bits per heavy atom. The number of carbonyl (C=O) groups is 1. The maximum absolute atomic E-state index is 11.7. The summed E-state index contributed by atoms with van der Waals surface area (Å²) >= 11 is 0. The third kappa shape index (κ3) is 1.36. The highest BCUT2D eigenvalue weighted by Crippen LogP contribution is 2.57. The van der Waals surface area contributed by atoms with Gasteiger partial charge >= 0.3 is 5.97 Å². The topological polar surface area (TPSA) is 44.8 Å². The van der Waals surface area contributed by atoms with Crippen LogP contribution >= 0.6 is 0 Å². The molecule has 0 aromatic carbocycles. The highest BCUT2D eigenvalue weighted by Gasteiger charge is 2.58. The van der Waals surface area contributed by atoms with E-state index in [1.807, 2.05) is 0 Å². The molecule has 3 fully saturated rings. The van der Waals surface area contributed by atoms with Gasteiger partial charge in [-0.25, -0.2) is 0 Å². The van der Waals surface area contributed by atoms with Crippen molar-refractivity contribution in [1.82, 2.24) is 0 Å². The van der Waals surface area contributed by atoms with Gasteiger partial charge in [-0.1, -0.05) is 11.6 Å². The highest BCUT2D eigenvalue weighted by molar-refractivity contribution is 5.74. The number of carbonyl (C=O) groups excluding carboxylic acids is 1. The number of hydrogen-bond acceptors (Lipinski definition) is 4. The van der Waals surface area contributed by atoms with Crippen LogP contribution in [0.4, 0.5) is 0 Å². The largest absolute Gasteiger partial charge is 0.461 e. The van der Waals surface area contributed by atoms with Crippen LogP contribution in [0.25, 0.3) is 0 Å². The molecule has 2 heterocycles. The van der Waals surface area contributed by atoms with Gasteiger partial charge in [-0.15, -0.1) is 0 Å². The number of ether oxygens (including phenoxy) is 3. The van der Waals surface area contributed by atoms with Crippen molar-refractivity contribution in [3.63, 3.8) is 0 Å². The summed E-state index contributed by atoms with van der Waals surface area (Å²) in [6.07, 6.45) is 7.59. The molecule has 0 N–H and O–H groups in total. The van der Waals surface area contributed by atoms with Gasteiger partial charge in [0.25, 0.3) is 0 Å². The lowest BCUT2D eigenvalue weighted by Crippen LogP contribution is -2.46. The van der Waals surface area contributed by atoms with Gasteiger partial charge in [-0.2, -0.15) is 0 Å². The van der Waals surface area contributed by atoms with Gasteiger partial charge in [0.2, 0.25) is 0 Å². The van der Waals surface area contributed by atoms with E-state index in [0.29, 0.717) is 19.6 Å². The minimum atomic E-state index is -0.398. The van der Waals surface area contributed by atoms with Crippen LogP contribution in [0, 0.1) is 5.41 Å². The molecule has 0 bridgehead atoms. The molecule has 2 spiro atoms. The first-order valence-electron chi connectivity index (χ1n) is 6.89. The summed E-state index contributed by atoms with van der Waals surface area (Å²) < 4.78 is 17.1. The van der Waals surface area contributed by atoms with Gasteiger partial charge in [-0.3, -0.25) is 4.79 Å². The van der Waals surface area contributed by atoms with Gasteiger partial charge in [0.05, 0.1) is 19.6 Å². The average molecular weight is 250 g/mol. The summed E-state index contributed by atoms with van der Waals surface area (Å²) in [7, 11) is 0. The summed E-state index contributed by atoms with van der Waals surface area (Å²) in [4.78, 5) is 11.7. The number of hydrogen-bond donors (Lipinski definition) is 0. The van der Waals surface area contributed by atoms with E-state index in [0.717, 1.165) is 32.1 Å². The SMILES string of the molecule is O=C1C[C@@]23CCC4(CC2=CCC[C@H]3O1)OCCO4. The molecule has 0 radical (unpaired) electrons. The van der Waals surface area contributed by atoms with Crippen molar-refractivity contribution in [3.8, 4) is 0 Å². The predicted octanol–water partition coefficient (Wildman–Crippen LogP) is 1.94. The fraction of sp³-hybridized carbons (Fsp3) is 0.786. The maximum atomic E-state index is 11.7. The average Bonchev–Trinajstić information content (AvgIpc) is 2.92. The van der Waals surface area contributed by atoms with Crippen molar-refractivity contribution in [3.05, 3.63) is 11.6 Å². The third-order valence-electron chi connectivity index (χ3n) is 5.03. The van der Waals surface area contributed by atoms with Crippen LogP contribution in [0.1, 0.15) is 38.5 Å². The van der Waals surface area contributed by atoms with E-state index < -0.39 is 5.79 Å². The lowest BCUT2D eigenvalue weighted by atomic mass is 9.61. The monoisotopic (exact) mass is 250 g/mol. The van der Waals surface area contributed by atoms with Crippen molar-refractivity contribution >= 4 is 5.97 Å². The Bertz CT molecular complexity index is 422. The first kappa shape index (κ1) is 11.0. The summed E-state index contributed by atoms with van der Waals surface area (Å²) in [5, 5.41) is 0. The molecule has 2 atom stereocenters. The van der Waals surface area contributed by atoms with Crippen molar-refractivity contribution in [1.29, 1.82) is 0 Å². The van der Waals surface area contributed by atoms with Gasteiger partial charge in [-0.05, 0) is 19.3 Å². The Kier molecular flexibility index (Phi) is 2.19. The van der Waals surface area contributed by atoms with E-state index in [-0.39, 0.29) is 17.5 Å². The zero-order valence-electron chi connectivity index (χ0n) is 10.4. The third-order valence-corrected chi connectivity index (χ3v) is 5.03. The van der Waals surface area contributed by atoms with Gasteiger partial charge in [0.1, 0.15) is 6.10 Å². The standard InChI is InChI=1S/C14H18O4/c15-12-9-13-4-5-14(16-6-7-17-14)8-10(13)2-1-3-11(13)18-12/h2,11H,1,3-9H2/t11-,13+/m1/s1. The smallest absolute Gasteiger partial charge is 0.307 e. The predicted molar refractivity (Wildman–Crippen MR) is 62.7 cm³/mol. The fourth-order valence-electron chi connectivity index (χ4n) is 4.15. The van der Waals surface area contributed by atoms with Crippen molar-refractivity contribution < 1.29 is 19.0 Å². The maximum Gasteiger partial charge on any atom is 0.307 e. The quantitative estimate of drug-likeness (QED) is 0.487. The lowest BCUT2D eigenvalue weighted by molar-refractivity contribution is -0.181. The molecule has 2 aliphatic carbocycles. The Morgan fingerprint density at radius 3 is 2.83 bits per heavy atom. The van der Waals surface area contributed by atoms with Crippen LogP contribution in [-0.2, 0) is 19.0 Å². The van der Waals surface area contributed by atoms with Crippen LogP contribution < -0.4 is 0 Å². The molecule has 18 heavy (non-hydrogen) atoms. The van der Waals surface area contributed by atoms with E-state index in [1.165, 1.54) is 5.57 Å². The van der Waals surface area contributed by atoms with Crippen LogP contribution in [0.15, 0.2) is 11.6 Å². The Hall–Kier alpha value is -0.870. The molecule has 0 aromatic rings. The van der Waals surface area contributed by atoms with E-state index in [9.17, 15) is 4.79 Å². The van der Waals surface area contributed by atoms with E-state index in [1.54, 1.807) is 0 Å². The summed E-state index contributed by atoms with van der Waals surface area (Å²) in [5.74, 6) is -0.429. The molecule has 98 valence electrons. The molecular formula is C14H18O4. The summed E-state index contributed by atoms with van der Waals surface area (Å²) in [6, 6.07) is 0. The van der Waals surface area contributed by atoms with Gasteiger partial charge < -0.3 is 14.2 Å². The van der Waals surface area contributed by atoms with Crippen LogP contribution in [0.3, 0.4) is 0 Å². The van der Waals surface area contributed by atoms with Gasteiger partial charge in [0.15, 0.2) is 5.79 Å². The molecule has 2 aliphatic heterocycles. The zero-order valence-corrected chi connectivity index (χ0v) is 10.4. The number of allylic oxidation sites excluding steroid dienone is 1. The van der Waals surface area contributed by atoms with Crippen LogP contribution in [0.2, 0.25) is 0 Å². The highest BCUT2D eigenvalue weighted by atomic mass is 16.7. The zero-order chi connectivity index (χ0) is 12.2. The number of esters is 1. The molecule has 4 aliphatic rings. The summed E-state index contributed by atoms with van der Waals surface area (Å²) in [6.45, 7) is 1.39. The molecule has 0 amide bonds. The molecule has 0 unspecified atom stereocenters. The molecular weight excluding hydrogens is 232 g/mol. The first-order chi connectivity index (χ1) is 8.73. The molecule has 1 saturated carbocycles. The Morgan fingerprint density at radius 1 is 1.17 bits per heavy atom. The number of rotatable bonds is 0. The molecule has 2 saturated heterocycles. The van der Waals surface area contributed by atoms with E-state index in [2.05, 4.69) is 6.08 Å². The molecule has 4 heteroatoms. The minimum Gasteiger partial charge on any atom is -0.461 e. The van der Waals surface area contributed by atoms with Crippen LogP contribution in [0.5, 0.6) is 0 Å². The van der Waals surface area contributed by atoms with E-state index in [4.69, 9.17) is 14.2 Å². The Labute approximate surface area is 106 Å². The normalized spacial score (nSPS) is 41.2.